The third kappa shape index (κ3) is 3.33. The largest absolute Gasteiger partial charge is 0.507 e. The molecule has 2 aromatic rings. The van der Waals surface area contributed by atoms with Crippen molar-refractivity contribution in [2.24, 2.45) is 5.10 Å². The van der Waals surface area contributed by atoms with E-state index in [2.05, 4.69) is 5.10 Å². The molecule has 0 aromatic heterocycles. The van der Waals surface area contributed by atoms with Gasteiger partial charge in [0.25, 0.3) is 10.0 Å². The quantitative estimate of drug-likeness (QED) is 0.667. The van der Waals surface area contributed by atoms with E-state index in [4.69, 9.17) is 0 Å². The van der Waals surface area contributed by atoms with Gasteiger partial charge in [-0.1, -0.05) is 12.1 Å². The summed E-state index contributed by atoms with van der Waals surface area (Å²) >= 11 is 0. The first kappa shape index (κ1) is 14.0. The van der Waals surface area contributed by atoms with Gasteiger partial charge in [0.05, 0.1) is 11.1 Å². The highest BCUT2D eigenvalue weighted by Gasteiger charge is 2.12. The summed E-state index contributed by atoms with van der Waals surface area (Å²) in [5.74, 6) is -0.543. The molecule has 2 aromatic carbocycles. The Balaban J connectivity index is 2.14. The van der Waals surface area contributed by atoms with Crippen LogP contribution in [0.1, 0.15) is 5.56 Å². The van der Waals surface area contributed by atoms with Crippen LogP contribution in [0.3, 0.4) is 0 Å². The minimum Gasteiger partial charge on any atom is -0.507 e. The van der Waals surface area contributed by atoms with E-state index in [1.54, 1.807) is 18.2 Å². The van der Waals surface area contributed by atoms with E-state index in [-0.39, 0.29) is 10.6 Å². The third-order valence-corrected chi connectivity index (χ3v) is 3.68. The zero-order valence-electron chi connectivity index (χ0n) is 10.2. The number of nitrogens with one attached hydrogen (secondary N) is 1. The molecule has 0 saturated carbocycles. The number of hydrogen-bond donors (Lipinski definition) is 2. The molecule has 0 heterocycles. The first-order valence-electron chi connectivity index (χ1n) is 5.57. The second-order valence-corrected chi connectivity index (χ2v) is 5.53. The highest BCUT2D eigenvalue weighted by atomic mass is 32.2. The van der Waals surface area contributed by atoms with Gasteiger partial charge in [0.15, 0.2) is 0 Å². The lowest BCUT2D eigenvalue weighted by molar-refractivity contribution is 0.474. The molecule has 5 nitrogen and oxygen atoms in total. The Morgan fingerprint density at radius 3 is 2.40 bits per heavy atom. The summed E-state index contributed by atoms with van der Waals surface area (Å²) < 4.78 is 36.3. The third-order valence-electron chi connectivity index (χ3n) is 2.44. The van der Waals surface area contributed by atoms with Crippen LogP contribution in [0, 0.1) is 5.82 Å². The second-order valence-electron chi connectivity index (χ2n) is 3.87. The van der Waals surface area contributed by atoms with Gasteiger partial charge in [-0.3, -0.25) is 0 Å². The van der Waals surface area contributed by atoms with E-state index in [0.717, 1.165) is 24.3 Å². The van der Waals surface area contributed by atoms with E-state index < -0.39 is 15.8 Å². The maximum Gasteiger partial charge on any atom is 0.276 e. The summed E-state index contributed by atoms with van der Waals surface area (Å²) in [6.45, 7) is 0. The molecule has 0 spiro atoms. The summed E-state index contributed by atoms with van der Waals surface area (Å²) in [7, 11) is -3.86. The molecule has 0 bridgehead atoms. The number of hydrogen-bond acceptors (Lipinski definition) is 4. The minimum atomic E-state index is -3.86. The highest BCUT2D eigenvalue weighted by molar-refractivity contribution is 7.89. The Morgan fingerprint density at radius 2 is 1.75 bits per heavy atom. The number of sulfonamides is 1. The van der Waals surface area contributed by atoms with E-state index >= 15 is 0 Å². The van der Waals surface area contributed by atoms with Gasteiger partial charge in [-0.05, 0) is 36.4 Å². The molecule has 2 N–H and O–H groups in total. The Kier molecular flexibility index (Phi) is 3.99. The van der Waals surface area contributed by atoms with Crippen LogP contribution in [0.4, 0.5) is 4.39 Å². The molecule has 0 atom stereocenters. The van der Waals surface area contributed by atoms with Crippen LogP contribution in [-0.2, 0) is 10.0 Å². The Bertz CT molecular complexity index is 728. The lowest BCUT2D eigenvalue weighted by Gasteiger charge is -2.03. The smallest absolute Gasteiger partial charge is 0.276 e. The fraction of sp³-hybridized carbons (Fsp3) is 0. The molecule has 0 aliphatic rings. The standard InChI is InChI=1S/C13H11FN2O3S/c14-11-5-7-12(8-6-11)20(18,19)16-15-9-10-3-1-2-4-13(10)17/h1-9,16-17H. The summed E-state index contributed by atoms with van der Waals surface area (Å²) in [5.41, 5.74) is 0.370. The van der Waals surface area contributed by atoms with Crippen LogP contribution in [0.15, 0.2) is 58.5 Å². The van der Waals surface area contributed by atoms with Gasteiger partial charge in [0.2, 0.25) is 0 Å². The van der Waals surface area contributed by atoms with Crippen molar-refractivity contribution in [3.63, 3.8) is 0 Å². The van der Waals surface area contributed by atoms with Gasteiger partial charge in [-0.15, -0.1) is 0 Å². The maximum absolute atomic E-state index is 12.7. The summed E-state index contributed by atoms with van der Waals surface area (Å²) in [6, 6.07) is 10.7. The van der Waals surface area contributed by atoms with Crippen molar-refractivity contribution in [2.45, 2.75) is 4.90 Å². The van der Waals surface area contributed by atoms with Gasteiger partial charge in [-0.25, -0.2) is 9.22 Å². The fourth-order valence-corrected chi connectivity index (χ4v) is 2.22. The van der Waals surface area contributed by atoms with Crippen LogP contribution in [0.2, 0.25) is 0 Å². The molecular formula is C13H11FN2O3S. The molecule has 2 rings (SSSR count). The number of rotatable bonds is 4. The van der Waals surface area contributed by atoms with Crippen molar-refractivity contribution in [3.8, 4) is 5.75 Å². The number of aromatic hydroxyl groups is 1. The summed E-state index contributed by atoms with van der Waals surface area (Å²) in [4.78, 5) is 1.88. The number of phenols is 1. The van der Waals surface area contributed by atoms with E-state index in [1.165, 1.54) is 12.3 Å². The summed E-state index contributed by atoms with van der Waals surface area (Å²) in [6.07, 6.45) is 1.18. The van der Waals surface area contributed by atoms with Crippen molar-refractivity contribution in [3.05, 3.63) is 59.9 Å². The molecular weight excluding hydrogens is 283 g/mol. The predicted octanol–water partition coefficient (Wildman–Crippen LogP) is 1.84. The van der Waals surface area contributed by atoms with Crippen LogP contribution in [0.5, 0.6) is 5.75 Å². The zero-order valence-corrected chi connectivity index (χ0v) is 11.0. The summed E-state index contributed by atoms with van der Waals surface area (Å²) in [5, 5.41) is 13.0. The first-order valence-corrected chi connectivity index (χ1v) is 7.06. The average Bonchev–Trinajstić information content (AvgIpc) is 2.41. The van der Waals surface area contributed by atoms with Crippen molar-refractivity contribution in [1.29, 1.82) is 0 Å². The number of halogens is 1. The van der Waals surface area contributed by atoms with Crippen LogP contribution in [0.25, 0.3) is 0 Å². The van der Waals surface area contributed by atoms with Gasteiger partial charge < -0.3 is 5.11 Å². The molecule has 0 fully saturated rings. The van der Waals surface area contributed by atoms with Crippen molar-refractivity contribution in [1.82, 2.24) is 4.83 Å². The lowest BCUT2D eigenvalue weighted by atomic mass is 10.2. The molecule has 0 aliphatic carbocycles. The zero-order chi connectivity index (χ0) is 14.6. The van der Waals surface area contributed by atoms with Crippen LogP contribution < -0.4 is 4.83 Å². The Labute approximate surface area is 115 Å². The lowest BCUT2D eigenvalue weighted by Crippen LogP contribution is -2.18. The number of benzene rings is 2. The fourth-order valence-electron chi connectivity index (χ4n) is 1.43. The number of nitrogens with zero attached hydrogens (tertiary/aromatic N) is 1. The normalized spacial score (nSPS) is 11.7. The Hall–Kier alpha value is -2.41. The van der Waals surface area contributed by atoms with Gasteiger partial charge >= 0.3 is 0 Å². The molecule has 7 heteroatoms. The van der Waals surface area contributed by atoms with E-state index in [1.807, 2.05) is 4.83 Å². The Morgan fingerprint density at radius 1 is 1.10 bits per heavy atom. The van der Waals surface area contributed by atoms with Crippen LogP contribution in [-0.4, -0.2) is 19.7 Å². The van der Waals surface area contributed by atoms with Gasteiger partial charge in [0.1, 0.15) is 11.6 Å². The number of para-hydroxylation sites is 1. The van der Waals surface area contributed by atoms with Crippen LogP contribution >= 0.6 is 0 Å². The molecule has 0 amide bonds. The number of phenolic OH excluding ortho intramolecular Hbond substituents is 1. The molecule has 104 valence electrons. The van der Waals surface area contributed by atoms with Gasteiger partial charge in [-0.2, -0.15) is 13.5 Å². The predicted molar refractivity (Wildman–Crippen MR) is 72.4 cm³/mol. The maximum atomic E-state index is 12.7. The molecule has 0 unspecified atom stereocenters. The second kappa shape index (κ2) is 5.70. The molecule has 0 aliphatic heterocycles. The monoisotopic (exact) mass is 294 g/mol. The minimum absolute atomic E-state index is 0.0165. The topological polar surface area (TPSA) is 78.8 Å². The molecule has 0 radical (unpaired) electrons. The number of hydrazone groups is 1. The molecule has 20 heavy (non-hydrogen) atoms. The van der Waals surface area contributed by atoms with Gasteiger partial charge in [0, 0.05) is 5.56 Å². The average molecular weight is 294 g/mol. The van der Waals surface area contributed by atoms with Crippen molar-refractivity contribution in [2.75, 3.05) is 0 Å². The first-order chi connectivity index (χ1) is 9.49. The van der Waals surface area contributed by atoms with Crippen molar-refractivity contribution < 1.29 is 17.9 Å². The highest BCUT2D eigenvalue weighted by Crippen LogP contribution is 2.13. The van der Waals surface area contributed by atoms with Crippen molar-refractivity contribution >= 4 is 16.2 Å². The molecule has 0 saturated heterocycles. The van der Waals surface area contributed by atoms with E-state index in [9.17, 15) is 17.9 Å². The SMILES string of the molecule is O=S(=O)(NN=Cc1ccccc1O)c1ccc(F)cc1. The van der Waals surface area contributed by atoms with E-state index in [0.29, 0.717) is 5.56 Å².